The van der Waals surface area contributed by atoms with Crippen molar-refractivity contribution in [2.24, 2.45) is 0 Å². The van der Waals surface area contributed by atoms with Gasteiger partial charge in [-0.05, 0) is 25.8 Å². The lowest BCUT2D eigenvalue weighted by Crippen LogP contribution is -2.51. The number of rotatable bonds is 7. The summed E-state index contributed by atoms with van der Waals surface area (Å²) in [6.07, 6.45) is 1.48. The summed E-state index contributed by atoms with van der Waals surface area (Å²) < 4.78 is 5.31. The van der Waals surface area contributed by atoms with Crippen LogP contribution in [0, 0.1) is 0 Å². The number of hydrogen-bond acceptors (Lipinski definition) is 4. The summed E-state index contributed by atoms with van der Waals surface area (Å²) in [6.45, 7) is 7.04. The zero-order valence-corrected chi connectivity index (χ0v) is 13.7. The van der Waals surface area contributed by atoms with Gasteiger partial charge in [0.1, 0.15) is 11.6 Å². The van der Waals surface area contributed by atoms with E-state index in [-0.39, 0.29) is 0 Å². The maximum absolute atomic E-state index is 12.6. The molecule has 2 rings (SSSR count). The van der Waals surface area contributed by atoms with E-state index in [4.69, 9.17) is 4.74 Å². The van der Waals surface area contributed by atoms with Crippen molar-refractivity contribution in [2.75, 3.05) is 6.61 Å². The minimum absolute atomic E-state index is 0.333. The molecule has 2 unspecified atom stereocenters. The van der Waals surface area contributed by atoms with Crippen LogP contribution in [0.15, 0.2) is 43.0 Å². The third-order valence-corrected chi connectivity index (χ3v) is 3.82. The predicted molar refractivity (Wildman–Crippen MR) is 87.5 cm³/mol. The third-order valence-electron chi connectivity index (χ3n) is 3.82. The van der Waals surface area contributed by atoms with E-state index in [1.54, 1.807) is 44.2 Å². The quantitative estimate of drug-likeness (QED) is 0.450. The van der Waals surface area contributed by atoms with Crippen molar-refractivity contribution in [3.8, 4) is 0 Å². The van der Waals surface area contributed by atoms with Crippen LogP contribution >= 0.6 is 0 Å². The number of nitrogens with one attached hydrogen (secondary N) is 2. The number of nitrogens with zero attached hydrogens (tertiary/aromatic N) is 1. The maximum atomic E-state index is 12.6. The first-order chi connectivity index (χ1) is 11.4. The van der Waals surface area contributed by atoms with Crippen LogP contribution in [0.4, 0.5) is 4.79 Å². The Bertz CT molecular complexity index is 646. The van der Waals surface area contributed by atoms with Gasteiger partial charge >= 0.3 is 6.03 Å². The largest absolute Gasteiger partial charge is 0.368 e. The smallest absolute Gasteiger partial charge is 0.344 e. The molecule has 1 aromatic carbocycles. The molecule has 1 aliphatic heterocycles. The van der Waals surface area contributed by atoms with Gasteiger partial charge in [-0.3, -0.25) is 15.0 Å². The van der Waals surface area contributed by atoms with Gasteiger partial charge in [-0.1, -0.05) is 36.4 Å². The lowest BCUT2D eigenvalue weighted by atomic mass is 9.92. The van der Waals surface area contributed by atoms with Crippen molar-refractivity contribution in [1.82, 2.24) is 15.8 Å². The van der Waals surface area contributed by atoms with Crippen LogP contribution in [0.25, 0.3) is 0 Å². The van der Waals surface area contributed by atoms with Gasteiger partial charge in [0, 0.05) is 0 Å². The van der Waals surface area contributed by atoms with E-state index < -0.39 is 29.5 Å². The molecule has 0 bridgehead atoms. The molecule has 7 nitrogen and oxygen atoms in total. The highest BCUT2D eigenvalue weighted by Crippen LogP contribution is 2.27. The van der Waals surface area contributed by atoms with E-state index in [0.717, 1.165) is 0 Å². The first-order valence-electron chi connectivity index (χ1n) is 7.65. The van der Waals surface area contributed by atoms with Crippen LogP contribution in [0.5, 0.6) is 0 Å². The highest BCUT2D eigenvalue weighted by molar-refractivity contribution is 6.08. The SMILES string of the molecule is C=CCCOC(C)C(=O)NN1C(=O)NC(C)(c2ccccc2)C1=O. The molecule has 7 heteroatoms. The average Bonchev–Trinajstić information content (AvgIpc) is 2.80. The Kier molecular flexibility index (Phi) is 5.35. The molecule has 0 aliphatic carbocycles. The number of carbonyl (C=O) groups is 3. The average molecular weight is 331 g/mol. The first-order valence-corrected chi connectivity index (χ1v) is 7.65. The molecule has 4 amide bonds. The molecule has 2 atom stereocenters. The molecular weight excluding hydrogens is 310 g/mol. The molecule has 0 saturated carbocycles. The van der Waals surface area contributed by atoms with E-state index in [0.29, 0.717) is 23.6 Å². The van der Waals surface area contributed by atoms with Gasteiger partial charge in [-0.25, -0.2) is 4.79 Å². The molecule has 2 N–H and O–H groups in total. The standard InChI is InChI=1S/C17H21N3O4/c1-4-5-11-24-12(2)14(21)19-20-15(22)17(3,18-16(20)23)13-9-7-6-8-10-13/h4,6-10,12H,1,5,11H2,2-3H3,(H,18,23)(H,19,21). The van der Waals surface area contributed by atoms with Crippen molar-refractivity contribution in [1.29, 1.82) is 0 Å². The summed E-state index contributed by atoms with van der Waals surface area (Å²) in [4.78, 5) is 36.8. The van der Waals surface area contributed by atoms with Crippen LogP contribution < -0.4 is 10.7 Å². The van der Waals surface area contributed by atoms with Crippen LogP contribution in [-0.4, -0.2) is 35.6 Å². The molecule has 1 aliphatic rings. The second-order valence-corrected chi connectivity index (χ2v) is 5.63. The lowest BCUT2D eigenvalue weighted by Gasteiger charge is -2.22. The third kappa shape index (κ3) is 3.46. The molecule has 1 saturated heterocycles. The maximum Gasteiger partial charge on any atom is 0.344 e. The van der Waals surface area contributed by atoms with Gasteiger partial charge in [-0.15, -0.1) is 6.58 Å². The molecule has 128 valence electrons. The lowest BCUT2D eigenvalue weighted by molar-refractivity contribution is -0.143. The zero-order valence-electron chi connectivity index (χ0n) is 13.7. The van der Waals surface area contributed by atoms with Crippen LogP contribution in [0.2, 0.25) is 0 Å². The highest BCUT2D eigenvalue weighted by atomic mass is 16.5. The van der Waals surface area contributed by atoms with Gasteiger partial charge in [0.15, 0.2) is 0 Å². The Morgan fingerprint density at radius 3 is 2.71 bits per heavy atom. The Labute approximate surface area is 140 Å². The topological polar surface area (TPSA) is 87.7 Å². The Balaban J connectivity index is 2.07. The van der Waals surface area contributed by atoms with E-state index in [1.807, 2.05) is 6.07 Å². The summed E-state index contributed by atoms with van der Waals surface area (Å²) in [6, 6.07) is 8.16. The number of carbonyl (C=O) groups excluding carboxylic acids is 3. The summed E-state index contributed by atoms with van der Waals surface area (Å²) in [7, 11) is 0. The first kappa shape index (κ1) is 17.7. The predicted octanol–water partition coefficient (Wildman–Crippen LogP) is 1.47. The van der Waals surface area contributed by atoms with Crippen LogP contribution in [0.3, 0.4) is 0 Å². The van der Waals surface area contributed by atoms with Crippen molar-refractivity contribution >= 4 is 17.8 Å². The van der Waals surface area contributed by atoms with Crippen LogP contribution in [0.1, 0.15) is 25.8 Å². The molecule has 1 aromatic rings. The number of benzene rings is 1. The molecule has 0 spiro atoms. The van der Waals surface area contributed by atoms with Gasteiger partial charge in [0.25, 0.3) is 11.8 Å². The van der Waals surface area contributed by atoms with E-state index in [2.05, 4.69) is 17.3 Å². The fourth-order valence-electron chi connectivity index (χ4n) is 2.31. The number of amides is 4. The van der Waals surface area contributed by atoms with Gasteiger partial charge in [0.2, 0.25) is 0 Å². The Hall–Kier alpha value is -2.67. The van der Waals surface area contributed by atoms with Gasteiger partial charge in [-0.2, -0.15) is 5.01 Å². The molecular formula is C17H21N3O4. The highest BCUT2D eigenvalue weighted by Gasteiger charge is 2.50. The second-order valence-electron chi connectivity index (χ2n) is 5.63. The van der Waals surface area contributed by atoms with Crippen molar-refractivity contribution < 1.29 is 19.1 Å². The van der Waals surface area contributed by atoms with E-state index in [9.17, 15) is 14.4 Å². The molecule has 24 heavy (non-hydrogen) atoms. The number of urea groups is 1. The molecule has 1 fully saturated rings. The van der Waals surface area contributed by atoms with E-state index >= 15 is 0 Å². The fourth-order valence-corrected chi connectivity index (χ4v) is 2.31. The second kappa shape index (κ2) is 7.27. The minimum atomic E-state index is -1.22. The molecule has 0 aromatic heterocycles. The van der Waals surface area contributed by atoms with Crippen molar-refractivity contribution in [2.45, 2.75) is 31.9 Å². The van der Waals surface area contributed by atoms with Gasteiger partial charge < -0.3 is 10.1 Å². The number of ether oxygens (including phenoxy) is 1. The number of hydrogen-bond donors (Lipinski definition) is 2. The number of hydrazine groups is 1. The summed E-state index contributed by atoms with van der Waals surface area (Å²) >= 11 is 0. The minimum Gasteiger partial charge on any atom is -0.368 e. The Morgan fingerprint density at radius 1 is 1.42 bits per heavy atom. The van der Waals surface area contributed by atoms with E-state index in [1.165, 1.54) is 0 Å². The zero-order chi connectivity index (χ0) is 17.7. The summed E-state index contributed by atoms with van der Waals surface area (Å²) in [5.41, 5.74) is 1.72. The van der Waals surface area contributed by atoms with Crippen LogP contribution in [-0.2, 0) is 19.9 Å². The summed E-state index contributed by atoms with van der Waals surface area (Å²) in [5.74, 6) is -1.12. The summed E-state index contributed by atoms with van der Waals surface area (Å²) in [5, 5.41) is 3.31. The van der Waals surface area contributed by atoms with Crippen molar-refractivity contribution in [3.63, 3.8) is 0 Å². The molecule has 1 heterocycles. The Morgan fingerprint density at radius 2 is 2.08 bits per heavy atom. The normalized spacial score (nSPS) is 21.3. The van der Waals surface area contributed by atoms with Crippen molar-refractivity contribution in [3.05, 3.63) is 48.6 Å². The number of imide groups is 1. The molecule has 0 radical (unpaired) electrons. The fraction of sp³-hybridized carbons (Fsp3) is 0.353. The van der Waals surface area contributed by atoms with Gasteiger partial charge in [0.05, 0.1) is 6.61 Å². The monoisotopic (exact) mass is 331 g/mol.